The van der Waals surface area contributed by atoms with Crippen LogP contribution >= 0.6 is 23.4 Å². The van der Waals surface area contributed by atoms with Gasteiger partial charge < -0.3 is 21.1 Å². The Labute approximate surface area is 195 Å². The summed E-state index contributed by atoms with van der Waals surface area (Å²) in [4.78, 5) is 16.6. The first kappa shape index (κ1) is 20.1. The molecule has 6 rings (SSSR count). The Morgan fingerprint density at radius 3 is 2.56 bits per heavy atom. The maximum atomic E-state index is 6.71. The van der Waals surface area contributed by atoms with Crippen LogP contribution in [0.5, 0.6) is 5.75 Å². The molecule has 3 aromatic rings. The van der Waals surface area contributed by atoms with E-state index in [1.165, 1.54) is 11.8 Å². The maximum absolute atomic E-state index is 6.71. The molecule has 32 heavy (non-hydrogen) atoms. The second-order valence-electron chi connectivity index (χ2n) is 8.71. The van der Waals surface area contributed by atoms with Crippen molar-refractivity contribution in [3.63, 3.8) is 0 Å². The topological polar surface area (TPSA) is 103 Å². The number of rotatable bonds is 3. The van der Waals surface area contributed by atoms with Crippen LogP contribution in [-0.2, 0) is 0 Å². The van der Waals surface area contributed by atoms with Crippen molar-refractivity contribution < 1.29 is 4.74 Å². The van der Waals surface area contributed by atoms with Crippen molar-refractivity contribution in [2.24, 2.45) is 5.73 Å². The fourth-order valence-corrected chi connectivity index (χ4v) is 6.47. The number of piperidine rings is 1. The van der Waals surface area contributed by atoms with Crippen LogP contribution in [-0.4, -0.2) is 32.6 Å². The van der Waals surface area contributed by atoms with E-state index in [0.717, 1.165) is 52.7 Å². The van der Waals surface area contributed by atoms with Gasteiger partial charge in [-0.15, -0.1) is 0 Å². The normalized spacial score (nSPS) is 28.1. The van der Waals surface area contributed by atoms with Gasteiger partial charge in [0.2, 0.25) is 0 Å². The Bertz CT molecular complexity index is 1160. The molecule has 2 aromatic heterocycles. The molecule has 0 aliphatic carbocycles. The molecule has 0 unspecified atom stereocenters. The number of nitrogens with zero attached hydrogens (tertiary/aromatic N) is 4. The number of hydrogen-bond donors (Lipinski definition) is 2. The molecule has 164 valence electrons. The Hall–Kier alpha value is -2.55. The van der Waals surface area contributed by atoms with Crippen molar-refractivity contribution in [1.82, 2.24) is 15.0 Å². The standard InChI is InChI=1S/C23H23ClN6OS/c24-20-17(7-8-27-22(20)26)32-19-12-28-18(11-29-19)30-13-5-6-14(30)10-23(9-13)21(25)15-3-1-2-4-16(15)31-23/h1-4,7-8,11-14,21H,5-6,9-10,25H2,(H2,26,27)/t13-,14+,21-,23+/m1/s1. The van der Waals surface area contributed by atoms with Gasteiger partial charge in [-0.25, -0.2) is 15.0 Å². The Kier molecular flexibility index (Phi) is 4.71. The highest BCUT2D eigenvalue weighted by Gasteiger charge is 2.56. The van der Waals surface area contributed by atoms with E-state index >= 15 is 0 Å². The molecule has 2 saturated heterocycles. The molecule has 4 N–H and O–H groups in total. The lowest BCUT2D eigenvalue weighted by Crippen LogP contribution is -2.56. The molecule has 2 bridgehead atoms. The molecule has 2 fully saturated rings. The van der Waals surface area contributed by atoms with Gasteiger partial charge in [0, 0.05) is 41.6 Å². The SMILES string of the molecule is Nc1nccc(Sc2cnc(N3[C@@H]4CC[C@H]3C[C@]3(C4)Oc4ccccc4[C@H]3N)cn2)c1Cl. The van der Waals surface area contributed by atoms with Crippen LogP contribution in [0.4, 0.5) is 11.6 Å². The first-order valence-electron chi connectivity index (χ1n) is 10.8. The van der Waals surface area contributed by atoms with Gasteiger partial charge in [0.25, 0.3) is 0 Å². The number of para-hydroxylation sites is 1. The van der Waals surface area contributed by atoms with Crippen LogP contribution in [0.1, 0.15) is 37.3 Å². The van der Waals surface area contributed by atoms with Gasteiger partial charge in [-0.05, 0) is 25.0 Å². The lowest BCUT2D eigenvalue weighted by molar-refractivity contribution is 0.0272. The third-order valence-electron chi connectivity index (χ3n) is 6.89. The molecule has 7 nitrogen and oxygen atoms in total. The van der Waals surface area contributed by atoms with Gasteiger partial charge in [0.1, 0.15) is 28.0 Å². The number of ether oxygens (including phenoxy) is 1. The molecule has 0 saturated carbocycles. The summed E-state index contributed by atoms with van der Waals surface area (Å²) in [6, 6.07) is 10.6. The summed E-state index contributed by atoms with van der Waals surface area (Å²) >= 11 is 7.69. The summed E-state index contributed by atoms with van der Waals surface area (Å²) in [6.07, 6.45) is 9.30. The largest absolute Gasteiger partial charge is 0.485 e. The van der Waals surface area contributed by atoms with Gasteiger partial charge >= 0.3 is 0 Å². The van der Waals surface area contributed by atoms with Crippen LogP contribution in [0.15, 0.2) is 58.8 Å². The van der Waals surface area contributed by atoms with E-state index in [1.54, 1.807) is 12.4 Å². The molecule has 1 spiro atoms. The minimum Gasteiger partial charge on any atom is -0.485 e. The summed E-state index contributed by atoms with van der Waals surface area (Å²) in [5.41, 5.74) is 13.3. The quantitative estimate of drug-likeness (QED) is 0.591. The molecular weight excluding hydrogens is 444 g/mol. The number of hydrogen-bond acceptors (Lipinski definition) is 8. The zero-order chi connectivity index (χ0) is 21.9. The van der Waals surface area contributed by atoms with Crippen LogP contribution < -0.4 is 21.1 Å². The number of nitrogen functional groups attached to an aromatic ring is 1. The molecular formula is C23H23ClN6OS. The molecule has 0 amide bonds. The number of anilines is 2. The van der Waals surface area contributed by atoms with E-state index in [4.69, 9.17) is 32.8 Å². The number of benzene rings is 1. The minimum absolute atomic E-state index is 0.0913. The molecule has 0 radical (unpaired) electrons. The average Bonchev–Trinajstić information content (AvgIpc) is 3.23. The zero-order valence-corrected chi connectivity index (χ0v) is 18.9. The van der Waals surface area contributed by atoms with Crippen LogP contribution in [0.25, 0.3) is 0 Å². The molecule has 9 heteroatoms. The summed E-state index contributed by atoms with van der Waals surface area (Å²) in [5, 5.41) is 1.20. The highest BCUT2D eigenvalue weighted by Crippen LogP contribution is 2.53. The van der Waals surface area contributed by atoms with E-state index in [0.29, 0.717) is 22.9 Å². The van der Waals surface area contributed by atoms with E-state index < -0.39 is 0 Å². The van der Waals surface area contributed by atoms with E-state index in [-0.39, 0.29) is 11.6 Å². The molecule has 4 atom stereocenters. The van der Waals surface area contributed by atoms with Crippen molar-refractivity contribution in [3.05, 3.63) is 59.5 Å². The third-order valence-corrected chi connectivity index (χ3v) is 8.38. The van der Waals surface area contributed by atoms with Crippen molar-refractivity contribution in [3.8, 4) is 5.75 Å². The second kappa shape index (κ2) is 7.50. The molecule has 3 aliphatic rings. The average molecular weight is 467 g/mol. The second-order valence-corrected chi connectivity index (χ2v) is 10.1. The van der Waals surface area contributed by atoms with Crippen molar-refractivity contribution >= 4 is 35.0 Å². The van der Waals surface area contributed by atoms with Crippen molar-refractivity contribution in [2.45, 2.75) is 59.3 Å². The number of halogens is 1. The summed E-state index contributed by atoms with van der Waals surface area (Å²) < 4.78 is 6.50. The molecule has 1 aromatic carbocycles. The lowest BCUT2D eigenvalue weighted by Gasteiger charge is -2.46. The fraction of sp³-hybridized carbons (Fsp3) is 0.348. The highest BCUT2D eigenvalue weighted by molar-refractivity contribution is 7.99. The van der Waals surface area contributed by atoms with Gasteiger partial charge in [0.15, 0.2) is 0 Å². The Morgan fingerprint density at radius 1 is 1.06 bits per heavy atom. The highest BCUT2D eigenvalue weighted by atomic mass is 35.5. The lowest BCUT2D eigenvalue weighted by atomic mass is 9.79. The van der Waals surface area contributed by atoms with Gasteiger partial charge in [-0.2, -0.15) is 0 Å². The van der Waals surface area contributed by atoms with E-state index in [2.05, 4.69) is 20.9 Å². The third kappa shape index (κ3) is 3.12. The zero-order valence-electron chi connectivity index (χ0n) is 17.3. The van der Waals surface area contributed by atoms with Gasteiger partial charge in [0.05, 0.1) is 23.5 Å². The minimum atomic E-state index is -0.326. The van der Waals surface area contributed by atoms with Crippen molar-refractivity contribution in [1.29, 1.82) is 0 Å². The van der Waals surface area contributed by atoms with Crippen LogP contribution in [0.3, 0.4) is 0 Å². The fourth-order valence-electron chi connectivity index (χ4n) is 5.48. The van der Waals surface area contributed by atoms with E-state index in [1.807, 2.05) is 30.5 Å². The summed E-state index contributed by atoms with van der Waals surface area (Å²) in [6.45, 7) is 0. The maximum Gasteiger partial charge on any atom is 0.147 e. The number of pyridine rings is 1. The Morgan fingerprint density at radius 2 is 1.84 bits per heavy atom. The smallest absolute Gasteiger partial charge is 0.147 e. The van der Waals surface area contributed by atoms with E-state index in [9.17, 15) is 0 Å². The first-order chi connectivity index (χ1) is 15.5. The number of fused-ring (bicyclic) bond motifs is 3. The number of nitrogens with two attached hydrogens (primary N) is 2. The number of aromatic nitrogens is 3. The molecule has 3 aliphatic heterocycles. The van der Waals surface area contributed by atoms with Gasteiger partial charge in [-0.1, -0.05) is 41.6 Å². The first-order valence-corrected chi connectivity index (χ1v) is 12.0. The summed E-state index contributed by atoms with van der Waals surface area (Å²) in [7, 11) is 0. The van der Waals surface area contributed by atoms with Crippen LogP contribution in [0.2, 0.25) is 5.02 Å². The van der Waals surface area contributed by atoms with Crippen LogP contribution in [0, 0.1) is 0 Å². The Balaban J connectivity index is 1.21. The van der Waals surface area contributed by atoms with Gasteiger partial charge in [-0.3, -0.25) is 0 Å². The predicted molar refractivity (Wildman–Crippen MR) is 125 cm³/mol. The summed E-state index contributed by atoms with van der Waals surface area (Å²) in [5.74, 6) is 2.15. The molecule has 5 heterocycles. The van der Waals surface area contributed by atoms with Crippen molar-refractivity contribution in [2.75, 3.05) is 10.6 Å². The predicted octanol–water partition coefficient (Wildman–Crippen LogP) is 4.22. The monoisotopic (exact) mass is 466 g/mol.